The number of phenols is 2. The lowest BCUT2D eigenvalue weighted by molar-refractivity contribution is 0.322. The number of hydrogen-bond donors (Lipinski definition) is 5. The summed E-state index contributed by atoms with van der Waals surface area (Å²) in [5.74, 6) is 5.30. The summed E-state index contributed by atoms with van der Waals surface area (Å²) in [4.78, 5) is 6.47. The molecule has 1 saturated heterocycles. The molecule has 2 aromatic rings. The highest BCUT2D eigenvalue weighted by molar-refractivity contribution is 6.02. The standard InChI is InChI=1S/C20H26FN5O2/c1-12(2)15-8-16(19(28)9-18(15)27)20(25-22)24-14-4-3-13(17(21)7-14)10-26-6-5-23-11-26/h3-4,7-9,12,23,27-28H,5-6,10-11,22H2,1-2H3,(H,24,25). The van der Waals surface area contributed by atoms with E-state index in [0.29, 0.717) is 28.9 Å². The number of nitrogens with zero attached hydrogens (tertiary/aromatic N) is 2. The maximum absolute atomic E-state index is 14.5. The normalized spacial score (nSPS) is 15.4. The van der Waals surface area contributed by atoms with Crippen LogP contribution in [-0.4, -0.2) is 40.7 Å². The minimum absolute atomic E-state index is 0.000536. The Bertz CT molecular complexity index is 879. The number of nitrogens with two attached hydrogens (primary N) is 1. The van der Waals surface area contributed by atoms with Gasteiger partial charge in [-0.3, -0.25) is 4.90 Å². The van der Waals surface area contributed by atoms with E-state index >= 15 is 0 Å². The molecule has 3 rings (SSSR count). The molecule has 7 nitrogen and oxygen atoms in total. The van der Waals surface area contributed by atoms with Crippen LogP contribution < -0.4 is 16.6 Å². The molecule has 0 aliphatic carbocycles. The second-order valence-corrected chi connectivity index (χ2v) is 7.17. The lowest BCUT2D eigenvalue weighted by atomic mass is 9.98. The van der Waals surface area contributed by atoms with Gasteiger partial charge in [-0.05, 0) is 29.7 Å². The number of phenolic OH excluding ortho intramolecular Hbond substituents is 2. The van der Waals surface area contributed by atoms with Crippen LogP contribution in [0.4, 0.5) is 10.1 Å². The molecule has 0 saturated carbocycles. The molecule has 0 amide bonds. The monoisotopic (exact) mass is 387 g/mol. The molecular weight excluding hydrogens is 361 g/mol. The second-order valence-electron chi connectivity index (χ2n) is 7.17. The lowest BCUT2D eigenvalue weighted by Crippen LogP contribution is -2.31. The minimum atomic E-state index is -0.345. The first-order valence-corrected chi connectivity index (χ1v) is 9.22. The smallest absolute Gasteiger partial charge is 0.151 e. The van der Waals surface area contributed by atoms with Gasteiger partial charge in [-0.2, -0.15) is 0 Å². The van der Waals surface area contributed by atoms with Crippen molar-refractivity contribution in [2.75, 3.05) is 19.8 Å². The van der Waals surface area contributed by atoms with Crippen LogP contribution >= 0.6 is 0 Å². The summed E-state index contributed by atoms with van der Waals surface area (Å²) < 4.78 is 14.5. The number of benzene rings is 2. The topological polar surface area (TPSA) is 106 Å². The number of nitrogens with one attached hydrogen (secondary N) is 2. The van der Waals surface area contributed by atoms with Gasteiger partial charge in [-0.25, -0.2) is 15.2 Å². The highest BCUT2D eigenvalue weighted by atomic mass is 19.1. The highest BCUT2D eigenvalue weighted by Gasteiger charge is 2.16. The second kappa shape index (κ2) is 8.55. The Morgan fingerprint density at radius 2 is 2.07 bits per heavy atom. The molecule has 0 unspecified atom stereocenters. The Hall–Kier alpha value is -2.68. The molecule has 0 aromatic heterocycles. The van der Waals surface area contributed by atoms with Crippen LogP contribution in [0.3, 0.4) is 0 Å². The molecule has 0 radical (unpaired) electrons. The fraction of sp³-hybridized carbons (Fsp3) is 0.350. The van der Waals surface area contributed by atoms with Crippen molar-refractivity contribution in [3.8, 4) is 11.5 Å². The van der Waals surface area contributed by atoms with E-state index in [-0.39, 0.29) is 29.1 Å². The van der Waals surface area contributed by atoms with Gasteiger partial charge in [0.05, 0.1) is 11.3 Å². The van der Waals surface area contributed by atoms with Gasteiger partial charge in [0.2, 0.25) is 0 Å². The SMILES string of the molecule is CC(C)c1cc(C(=Nc2ccc(CN3CCNC3)c(F)c2)NN)c(O)cc1O. The first-order chi connectivity index (χ1) is 13.4. The zero-order valence-electron chi connectivity index (χ0n) is 16.0. The summed E-state index contributed by atoms with van der Waals surface area (Å²) >= 11 is 0. The van der Waals surface area contributed by atoms with E-state index in [0.717, 1.165) is 19.8 Å². The Morgan fingerprint density at radius 3 is 2.68 bits per heavy atom. The quantitative estimate of drug-likeness (QED) is 0.233. The predicted molar refractivity (Wildman–Crippen MR) is 107 cm³/mol. The third-order valence-electron chi connectivity index (χ3n) is 4.77. The first-order valence-electron chi connectivity index (χ1n) is 9.22. The molecule has 2 aromatic carbocycles. The fourth-order valence-corrected chi connectivity index (χ4v) is 3.21. The van der Waals surface area contributed by atoms with Crippen molar-refractivity contribution in [3.05, 3.63) is 52.8 Å². The first kappa shape index (κ1) is 20.1. The van der Waals surface area contributed by atoms with Crippen molar-refractivity contribution in [2.24, 2.45) is 10.8 Å². The van der Waals surface area contributed by atoms with Crippen LogP contribution in [0, 0.1) is 5.82 Å². The van der Waals surface area contributed by atoms with Crippen molar-refractivity contribution in [2.45, 2.75) is 26.3 Å². The van der Waals surface area contributed by atoms with Crippen LogP contribution in [-0.2, 0) is 6.54 Å². The minimum Gasteiger partial charge on any atom is -0.508 e. The number of hydrogen-bond acceptors (Lipinski definition) is 6. The molecule has 150 valence electrons. The van der Waals surface area contributed by atoms with Crippen molar-refractivity contribution in [1.82, 2.24) is 15.6 Å². The highest BCUT2D eigenvalue weighted by Crippen LogP contribution is 2.32. The van der Waals surface area contributed by atoms with Gasteiger partial charge in [0, 0.05) is 37.9 Å². The third-order valence-corrected chi connectivity index (χ3v) is 4.77. The van der Waals surface area contributed by atoms with E-state index in [9.17, 15) is 14.6 Å². The molecule has 0 atom stereocenters. The van der Waals surface area contributed by atoms with E-state index in [1.807, 2.05) is 13.8 Å². The summed E-state index contributed by atoms with van der Waals surface area (Å²) in [5.41, 5.74) is 4.40. The van der Waals surface area contributed by atoms with Crippen LogP contribution in [0.15, 0.2) is 35.3 Å². The van der Waals surface area contributed by atoms with E-state index in [1.165, 1.54) is 12.1 Å². The van der Waals surface area contributed by atoms with Crippen LogP contribution in [0.1, 0.15) is 36.5 Å². The number of aromatic hydroxyl groups is 2. The van der Waals surface area contributed by atoms with Gasteiger partial charge in [0.25, 0.3) is 0 Å². The molecule has 28 heavy (non-hydrogen) atoms. The lowest BCUT2D eigenvalue weighted by Gasteiger charge is -2.15. The molecule has 8 heteroatoms. The van der Waals surface area contributed by atoms with Crippen molar-refractivity contribution in [3.63, 3.8) is 0 Å². The summed E-state index contributed by atoms with van der Waals surface area (Å²) in [6.45, 7) is 6.92. The average Bonchev–Trinajstić information content (AvgIpc) is 3.15. The van der Waals surface area contributed by atoms with Gasteiger partial charge in [0.15, 0.2) is 5.84 Å². The Labute approximate surface area is 163 Å². The molecule has 1 aliphatic heterocycles. The van der Waals surface area contributed by atoms with Crippen molar-refractivity contribution >= 4 is 11.5 Å². The van der Waals surface area contributed by atoms with Crippen molar-refractivity contribution in [1.29, 1.82) is 0 Å². The van der Waals surface area contributed by atoms with Crippen LogP contribution in [0.25, 0.3) is 0 Å². The van der Waals surface area contributed by atoms with Crippen molar-refractivity contribution < 1.29 is 14.6 Å². The number of rotatable bonds is 5. The molecule has 0 spiro atoms. The third kappa shape index (κ3) is 4.41. The molecule has 0 bridgehead atoms. The number of aliphatic imine (C=N–C) groups is 1. The largest absolute Gasteiger partial charge is 0.508 e. The van der Waals surface area contributed by atoms with E-state index in [4.69, 9.17) is 5.84 Å². The zero-order valence-corrected chi connectivity index (χ0v) is 16.0. The Morgan fingerprint density at radius 1 is 1.29 bits per heavy atom. The van der Waals surface area contributed by atoms with E-state index in [1.54, 1.807) is 18.2 Å². The molecule has 1 aliphatic rings. The maximum Gasteiger partial charge on any atom is 0.151 e. The zero-order chi connectivity index (χ0) is 20.3. The Kier molecular flexibility index (Phi) is 6.13. The summed E-state index contributed by atoms with van der Waals surface area (Å²) in [5, 5.41) is 23.4. The molecule has 1 heterocycles. The molecule has 6 N–H and O–H groups in total. The number of amidine groups is 1. The Balaban J connectivity index is 1.90. The van der Waals surface area contributed by atoms with Gasteiger partial charge in [-0.15, -0.1) is 0 Å². The average molecular weight is 387 g/mol. The molecular formula is C20H26FN5O2. The predicted octanol–water partition coefficient (Wildman–Crippen LogP) is 2.26. The maximum atomic E-state index is 14.5. The van der Waals surface area contributed by atoms with Gasteiger partial charge in [0.1, 0.15) is 17.3 Å². The molecule has 1 fully saturated rings. The number of halogens is 1. The van der Waals surface area contributed by atoms with Crippen LogP contribution in [0.2, 0.25) is 0 Å². The van der Waals surface area contributed by atoms with E-state index in [2.05, 4.69) is 20.6 Å². The number of hydrazine groups is 1. The van der Waals surface area contributed by atoms with Crippen LogP contribution in [0.5, 0.6) is 11.5 Å². The fourth-order valence-electron chi connectivity index (χ4n) is 3.21. The van der Waals surface area contributed by atoms with Gasteiger partial charge >= 0.3 is 0 Å². The summed E-state index contributed by atoms with van der Waals surface area (Å²) in [6, 6.07) is 7.64. The van der Waals surface area contributed by atoms with E-state index < -0.39 is 0 Å². The summed E-state index contributed by atoms with van der Waals surface area (Å²) in [7, 11) is 0. The summed E-state index contributed by atoms with van der Waals surface area (Å²) in [6.07, 6.45) is 0. The van der Waals surface area contributed by atoms with Gasteiger partial charge in [-0.1, -0.05) is 19.9 Å². The van der Waals surface area contributed by atoms with Gasteiger partial charge < -0.3 is 21.0 Å².